The van der Waals surface area contributed by atoms with Gasteiger partial charge < -0.3 is 10.2 Å². The summed E-state index contributed by atoms with van der Waals surface area (Å²) < 4.78 is 36.8. The van der Waals surface area contributed by atoms with Gasteiger partial charge in [0.2, 0.25) is 5.95 Å². The van der Waals surface area contributed by atoms with Crippen LogP contribution in [0.4, 0.5) is 10.3 Å². The molecule has 0 radical (unpaired) electrons. The van der Waals surface area contributed by atoms with Crippen LogP contribution in [-0.4, -0.2) is 55.4 Å². The molecule has 0 aliphatic carbocycles. The van der Waals surface area contributed by atoms with Crippen LogP contribution >= 0.6 is 0 Å². The highest BCUT2D eigenvalue weighted by atomic mass is 32.2. The number of carbonyl (C=O) groups is 1. The maximum Gasteiger partial charge on any atom is 0.254 e. The number of anilines is 1. The van der Waals surface area contributed by atoms with Gasteiger partial charge in [0, 0.05) is 32.0 Å². The Bertz CT molecular complexity index is 918. The molecule has 1 aromatic heterocycles. The van der Waals surface area contributed by atoms with Crippen LogP contribution in [0.2, 0.25) is 0 Å². The summed E-state index contributed by atoms with van der Waals surface area (Å²) in [6.45, 7) is 0.293. The summed E-state index contributed by atoms with van der Waals surface area (Å²) in [5.41, 5.74) is 0.831. The van der Waals surface area contributed by atoms with E-state index in [-0.39, 0.29) is 29.3 Å². The van der Waals surface area contributed by atoms with Crippen molar-refractivity contribution in [2.24, 2.45) is 0 Å². The minimum absolute atomic E-state index is 0.0884. The van der Waals surface area contributed by atoms with E-state index in [0.717, 1.165) is 0 Å². The van der Waals surface area contributed by atoms with Crippen molar-refractivity contribution >= 4 is 21.7 Å². The standard InChI is InChI=1S/C18H21FN4O3S/c1-23(15-7-9-27(25,26)12-15)18-21-10-14(11-22-18)17(24)20-8-6-13-4-2-3-5-16(13)19/h2-5,10-11,15H,6-9,12H2,1H3,(H,20,24). The number of sulfone groups is 1. The molecule has 1 fully saturated rings. The molecule has 0 saturated carbocycles. The van der Waals surface area contributed by atoms with Gasteiger partial charge in [-0.3, -0.25) is 4.79 Å². The van der Waals surface area contributed by atoms with Crippen LogP contribution in [-0.2, 0) is 16.3 Å². The van der Waals surface area contributed by atoms with Crippen LogP contribution in [0, 0.1) is 5.82 Å². The minimum Gasteiger partial charge on any atom is -0.352 e. The molecule has 1 N–H and O–H groups in total. The van der Waals surface area contributed by atoms with Crippen molar-refractivity contribution in [3.05, 3.63) is 53.6 Å². The number of halogens is 1. The lowest BCUT2D eigenvalue weighted by Crippen LogP contribution is -2.34. The highest BCUT2D eigenvalue weighted by Gasteiger charge is 2.31. The van der Waals surface area contributed by atoms with Gasteiger partial charge in [0.15, 0.2) is 9.84 Å². The fraction of sp³-hybridized carbons (Fsp3) is 0.389. The molecule has 1 aliphatic heterocycles. The first-order valence-electron chi connectivity index (χ1n) is 8.62. The van der Waals surface area contributed by atoms with Crippen LogP contribution in [0.1, 0.15) is 22.3 Å². The average molecular weight is 392 g/mol. The quantitative estimate of drug-likeness (QED) is 0.795. The molecule has 9 heteroatoms. The molecule has 2 heterocycles. The summed E-state index contributed by atoms with van der Waals surface area (Å²) >= 11 is 0. The topological polar surface area (TPSA) is 92.3 Å². The first-order valence-corrected chi connectivity index (χ1v) is 10.4. The van der Waals surface area contributed by atoms with E-state index in [0.29, 0.717) is 36.5 Å². The number of benzene rings is 1. The number of hydrogen-bond donors (Lipinski definition) is 1. The SMILES string of the molecule is CN(c1ncc(C(=O)NCCc2ccccc2F)cn1)C1CCS(=O)(=O)C1. The van der Waals surface area contributed by atoms with Crippen molar-refractivity contribution in [3.63, 3.8) is 0 Å². The zero-order valence-corrected chi connectivity index (χ0v) is 15.7. The van der Waals surface area contributed by atoms with Crippen molar-refractivity contribution in [1.82, 2.24) is 15.3 Å². The molecule has 0 bridgehead atoms. The molecular weight excluding hydrogens is 371 g/mol. The Morgan fingerprint density at radius 3 is 2.63 bits per heavy atom. The zero-order valence-electron chi connectivity index (χ0n) is 14.9. The van der Waals surface area contributed by atoms with Crippen molar-refractivity contribution in [3.8, 4) is 0 Å². The second-order valence-corrected chi connectivity index (χ2v) is 8.77. The number of aromatic nitrogens is 2. The van der Waals surface area contributed by atoms with E-state index in [1.807, 2.05) is 0 Å². The van der Waals surface area contributed by atoms with Crippen molar-refractivity contribution in [2.75, 3.05) is 30.0 Å². The van der Waals surface area contributed by atoms with Gasteiger partial charge >= 0.3 is 0 Å². The Hall–Kier alpha value is -2.55. The van der Waals surface area contributed by atoms with Crippen molar-refractivity contribution in [1.29, 1.82) is 0 Å². The van der Waals surface area contributed by atoms with Crippen LogP contribution in [0.5, 0.6) is 0 Å². The van der Waals surface area contributed by atoms with Gasteiger partial charge in [-0.15, -0.1) is 0 Å². The highest BCUT2D eigenvalue weighted by molar-refractivity contribution is 7.91. The van der Waals surface area contributed by atoms with Gasteiger partial charge in [-0.05, 0) is 24.5 Å². The van der Waals surface area contributed by atoms with Crippen molar-refractivity contribution < 1.29 is 17.6 Å². The lowest BCUT2D eigenvalue weighted by molar-refractivity contribution is 0.0953. The molecule has 3 rings (SSSR count). The molecule has 2 aromatic rings. The molecule has 27 heavy (non-hydrogen) atoms. The normalized spacial score (nSPS) is 18.2. The molecule has 7 nitrogen and oxygen atoms in total. The maximum absolute atomic E-state index is 13.6. The number of carbonyl (C=O) groups excluding carboxylic acids is 1. The van der Waals surface area contributed by atoms with Gasteiger partial charge in [0.25, 0.3) is 5.91 Å². The molecule has 1 aromatic carbocycles. The van der Waals surface area contributed by atoms with Crippen LogP contribution in [0.15, 0.2) is 36.7 Å². The van der Waals surface area contributed by atoms with E-state index < -0.39 is 9.84 Å². The van der Waals surface area contributed by atoms with Gasteiger partial charge in [0.05, 0.1) is 17.1 Å². The first kappa shape index (κ1) is 19.2. The van der Waals surface area contributed by atoms with Gasteiger partial charge in [-0.2, -0.15) is 0 Å². The number of nitrogens with zero attached hydrogens (tertiary/aromatic N) is 3. The Labute approximate surface area is 157 Å². The summed E-state index contributed by atoms with van der Waals surface area (Å²) in [4.78, 5) is 22.2. The lowest BCUT2D eigenvalue weighted by atomic mass is 10.1. The van der Waals surface area contributed by atoms with Gasteiger partial charge in [-0.1, -0.05) is 18.2 Å². The molecular formula is C18H21FN4O3S. The summed E-state index contributed by atoms with van der Waals surface area (Å²) in [6, 6.07) is 6.28. The average Bonchev–Trinajstić information content (AvgIpc) is 3.02. The van der Waals surface area contributed by atoms with Gasteiger partial charge in [0.1, 0.15) is 5.82 Å². The molecule has 1 aliphatic rings. The maximum atomic E-state index is 13.6. The Kier molecular flexibility index (Phi) is 5.69. The second-order valence-electron chi connectivity index (χ2n) is 6.54. The number of amides is 1. The third-order valence-electron chi connectivity index (χ3n) is 4.61. The lowest BCUT2D eigenvalue weighted by Gasteiger charge is -2.23. The predicted molar refractivity (Wildman–Crippen MR) is 99.9 cm³/mol. The van der Waals surface area contributed by atoms with E-state index >= 15 is 0 Å². The summed E-state index contributed by atoms with van der Waals surface area (Å²) in [6.07, 6.45) is 3.73. The number of rotatable bonds is 6. The zero-order chi connectivity index (χ0) is 19.4. The third kappa shape index (κ3) is 4.79. The summed E-state index contributed by atoms with van der Waals surface area (Å²) in [7, 11) is -1.25. The number of nitrogens with one attached hydrogen (secondary N) is 1. The van der Waals surface area contributed by atoms with E-state index in [2.05, 4.69) is 15.3 Å². The smallest absolute Gasteiger partial charge is 0.254 e. The van der Waals surface area contributed by atoms with E-state index in [1.165, 1.54) is 18.5 Å². The fourth-order valence-electron chi connectivity index (χ4n) is 2.98. The van der Waals surface area contributed by atoms with Crippen LogP contribution < -0.4 is 10.2 Å². The Morgan fingerprint density at radius 1 is 1.30 bits per heavy atom. The third-order valence-corrected chi connectivity index (χ3v) is 6.36. The van der Waals surface area contributed by atoms with Gasteiger partial charge in [-0.25, -0.2) is 22.8 Å². The van der Waals surface area contributed by atoms with E-state index in [4.69, 9.17) is 0 Å². The Balaban J connectivity index is 1.55. The van der Waals surface area contributed by atoms with Crippen LogP contribution in [0.3, 0.4) is 0 Å². The molecule has 1 atom stereocenters. The highest BCUT2D eigenvalue weighted by Crippen LogP contribution is 2.19. The second kappa shape index (κ2) is 7.99. The monoisotopic (exact) mass is 392 g/mol. The molecule has 1 unspecified atom stereocenters. The molecule has 144 valence electrons. The molecule has 0 spiro atoms. The fourth-order valence-corrected chi connectivity index (χ4v) is 4.75. The number of hydrogen-bond acceptors (Lipinski definition) is 6. The molecule has 1 amide bonds. The van der Waals surface area contributed by atoms with E-state index in [9.17, 15) is 17.6 Å². The summed E-state index contributed by atoms with van der Waals surface area (Å²) in [5.74, 6) is -0.00395. The predicted octanol–water partition coefficient (Wildman–Crippen LogP) is 1.21. The molecule has 1 saturated heterocycles. The summed E-state index contributed by atoms with van der Waals surface area (Å²) in [5, 5.41) is 2.71. The Morgan fingerprint density at radius 2 is 2.00 bits per heavy atom. The minimum atomic E-state index is -2.99. The van der Waals surface area contributed by atoms with E-state index in [1.54, 1.807) is 30.1 Å². The first-order chi connectivity index (χ1) is 12.9. The van der Waals surface area contributed by atoms with Crippen LogP contribution in [0.25, 0.3) is 0 Å². The van der Waals surface area contributed by atoms with Crippen molar-refractivity contribution in [2.45, 2.75) is 18.9 Å². The largest absolute Gasteiger partial charge is 0.352 e.